The molecule has 6 nitrogen and oxygen atoms in total. The number of methoxy groups -OCH3 is 1. The summed E-state index contributed by atoms with van der Waals surface area (Å²) in [6.07, 6.45) is 3.97. The molecule has 1 rings (SSSR count). The second-order valence-electron chi connectivity index (χ2n) is 3.98. The lowest BCUT2D eigenvalue weighted by Gasteiger charge is -2.27. The zero-order valence-corrected chi connectivity index (χ0v) is 10.5. The fourth-order valence-corrected chi connectivity index (χ4v) is 1.76. The number of rotatable bonds is 5. The molecule has 0 aromatic rings. The number of nitrogens with one attached hydrogen (secondary N) is 1. The maximum absolute atomic E-state index is 9.00. The van der Waals surface area contributed by atoms with E-state index >= 15 is 0 Å². The summed E-state index contributed by atoms with van der Waals surface area (Å²) in [6, 6.07) is 0. The number of nitrogens with two attached hydrogens (primary N) is 1. The molecule has 0 unspecified atom stereocenters. The number of hydrogen-bond donors (Lipinski definition) is 3. The monoisotopic (exact) mass is 246 g/mol. The molecule has 0 amide bonds. The van der Waals surface area contributed by atoms with E-state index in [9.17, 15) is 0 Å². The van der Waals surface area contributed by atoms with Crippen LogP contribution in [0.2, 0.25) is 0 Å². The van der Waals surface area contributed by atoms with Crippen LogP contribution in [0.3, 0.4) is 0 Å². The van der Waals surface area contributed by atoms with E-state index in [0.29, 0.717) is 13.2 Å². The van der Waals surface area contributed by atoms with Crippen molar-refractivity contribution in [3.8, 4) is 0 Å². The van der Waals surface area contributed by atoms with Crippen LogP contribution in [-0.4, -0.2) is 42.8 Å². The van der Waals surface area contributed by atoms with Crippen molar-refractivity contribution in [2.24, 2.45) is 5.73 Å². The molecular formula is C11H22N2O4. The second-order valence-corrected chi connectivity index (χ2v) is 3.98. The number of carboxylic acid groups (broad SMARTS) is 1. The Labute approximate surface area is 102 Å². The molecule has 0 heterocycles. The number of carbonyl (C=O) groups is 1. The molecular weight excluding hydrogens is 224 g/mol. The molecule has 0 radical (unpaired) electrons. The van der Waals surface area contributed by atoms with Gasteiger partial charge in [0.15, 0.2) is 0 Å². The Morgan fingerprint density at radius 3 is 2.24 bits per heavy atom. The highest BCUT2D eigenvalue weighted by Gasteiger charge is 2.37. The van der Waals surface area contributed by atoms with Crippen LogP contribution < -0.4 is 5.73 Å². The zero-order valence-electron chi connectivity index (χ0n) is 10.5. The average molecular weight is 246 g/mol. The van der Waals surface area contributed by atoms with E-state index in [4.69, 9.17) is 30.5 Å². The van der Waals surface area contributed by atoms with Crippen molar-refractivity contribution in [1.29, 1.82) is 5.41 Å². The Morgan fingerprint density at radius 1 is 1.41 bits per heavy atom. The SMILES string of the molecule is CC(=O)O.COCCOC1(C(=N)N)CCCC1. The number of hydrogen-bond acceptors (Lipinski definition) is 4. The lowest BCUT2D eigenvalue weighted by molar-refractivity contribution is -0.134. The van der Waals surface area contributed by atoms with Crippen molar-refractivity contribution in [3.63, 3.8) is 0 Å². The third-order valence-corrected chi connectivity index (χ3v) is 2.57. The number of carboxylic acids is 1. The molecule has 0 aliphatic heterocycles. The van der Waals surface area contributed by atoms with Gasteiger partial charge in [-0.15, -0.1) is 0 Å². The maximum Gasteiger partial charge on any atom is 0.300 e. The van der Waals surface area contributed by atoms with Crippen LogP contribution in [0.5, 0.6) is 0 Å². The fraction of sp³-hybridized carbons (Fsp3) is 0.818. The first-order valence-electron chi connectivity index (χ1n) is 5.61. The molecule has 1 saturated carbocycles. The lowest BCUT2D eigenvalue weighted by Crippen LogP contribution is -2.44. The van der Waals surface area contributed by atoms with E-state index in [2.05, 4.69) is 0 Å². The number of aliphatic carboxylic acids is 1. The van der Waals surface area contributed by atoms with Gasteiger partial charge < -0.3 is 20.3 Å². The molecule has 0 saturated heterocycles. The number of ether oxygens (including phenoxy) is 2. The van der Waals surface area contributed by atoms with Crippen LogP contribution in [0.4, 0.5) is 0 Å². The van der Waals surface area contributed by atoms with Crippen molar-refractivity contribution in [2.75, 3.05) is 20.3 Å². The Kier molecular flexibility index (Phi) is 7.49. The van der Waals surface area contributed by atoms with Crippen molar-refractivity contribution >= 4 is 11.8 Å². The van der Waals surface area contributed by atoms with Crippen molar-refractivity contribution in [2.45, 2.75) is 38.2 Å². The lowest BCUT2D eigenvalue weighted by atomic mass is 10.0. The van der Waals surface area contributed by atoms with Gasteiger partial charge in [-0.05, 0) is 25.7 Å². The summed E-state index contributed by atoms with van der Waals surface area (Å²) in [5, 5.41) is 14.9. The summed E-state index contributed by atoms with van der Waals surface area (Å²) >= 11 is 0. The topological polar surface area (TPSA) is 106 Å². The van der Waals surface area contributed by atoms with E-state index < -0.39 is 11.6 Å². The molecule has 0 aromatic carbocycles. The summed E-state index contributed by atoms with van der Waals surface area (Å²) in [4.78, 5) is 9.00. The van der Waals surface area contributed by atoms with Gasteiger partial charge in [0.2, 0.25) is 0 Å². The Hall–Kier alpha value is -1.14. The molecule has 0 bridgehead atoms. The zero-order chi connectivity index (χ0) is 13.3. The molecule has 1 aliphatic rings. The fourth-order valence-electron chi connectivity index (χ4n) is 1.76. The van der Waals surface area contributed by atoms with E-state index in [1.165, 1.54) is 0 Å². The van der Waals surface area contributed by atoms with Crippen LogP contribution in [0, 0.1) is 5.41 Å². The Morgan fingerprint density at radius 2 is 1.88 bits per heavy atom. The predicted octanol–water partition coefficient (Wildman–Crippen LogP) is 0.989. The van der Waals surface area contributed by atoms with Crippen molar-refractivity contribution in [1.82, 2.24) is 0 Å². The number of amidine groups is 1. The minimum absolute atomic E-state index is 0.168. The molecule has 1 aliphatic carbocycles. The average Bonchev–Trinajstić information content (AvgIpc) is 2.67. The highest BCUT2D eigenvalue weighted by Crippen LogP contribution is 2.32. The minimum atomic E-state index is -0.833. The Balaban J connectivity index is 0.000000557. The highest BCUT2D eigenvalue weighted by molar-refractivity contribution is 5.86. The van der Waals surface area contributed by atoms with Gasteiger partial charge in [-0.25, -0.2) is 0 Å². The molecule has 4 N–H and O–H groups in total. The summed E-state index contributed by atoms with van der Waals surface area (Å²) < 4.78 is 10.5. The smallest absolute Gasteiger partial charge is 0.300 e. The minimum Gasteiger partial charge on any atom is -0.481 e. The molecule has 100 valence electrons. The van der Waals surface area contributed by atoms with E-state index in [-0.39, 0.29) is 5.84 Å². The van der Waals surface area contributed by atoms with Gasteiger partial charge >= 0.3 is 0 Å². The quantitative estimate of drug-likeness (QED) is 0.381. The normalized spacial score (nSPS) is 17.1. The summed E-state index contributed by atoms with van der Waals surface area (Å²) in [5.41, 5.74) is 5.06. The first kappa shape index (κ1) is 15.9. The van der Waals surface area contributed by atoms with Crippen LogP contribution >= 0.6 is 0 Å². The van der Waals surface area contributed by atoms with E-state index in [1.54, 1.807) is 7.11 Å². The van der Waals surface area contributed by atoms with Crippen LogP contribution in [0.25, 0.3) is 0 Å². The molecule has 6 heteroatoms. The first-order chi connectivity index (χ1) is 7.94. The molecule has 0 aromatic heterocycles. The van der Waals surface area contributed by atoms with Gasteiger partial charge in [-0.2, -0.15) is 0 Å². The van der Waals surface area contributed by atoms with E-state index in [0.717, 1.165) is 32.6 Å². The summed E-state index contributed by atoms with van der Waals surface area (Å²) in [5.74, 6) is -0.666. The van der Waals surface area contributed by atoms with Crippen molar-refractivity contribution in [3.05, 3.63) is 0 Å². The van der Waals surface area contributed by atoms with Crippen LogP contribution in [-0.2, 0) is 14.3 Å². The molecule has 0 atom stereocenters. The van der Waals surface area contributed by atoms with Gasteiger partial charge in [0.1, 0.15) is 11.4 Å². The van der Waals surface area contributed by atoms with E-state index in [1.807, 2.05) is 0 Å². The van der Waals surface area contributed by atoms with Gasteiger partial charge in [-0.3, -0.25) is 10.2 Å². The standard InChI is InChI=1S/C9H18N2O2.C2H4O2/c1-12-6-7-13-9(8(10)11)4-2-3-5-9;1-2(3)4/h2-7H2,1H3,(H3,10,11);1H3,(H,3,4). The largest absolute Gasteiger partial charge is 0.481 e. The van der Waals surface area contributed by atoms with Gasteiger partial charge in [-0.1, -0.05) is 0 Å². The highest BCUT2D eigenvalue weighted by atomic mass is 16.5. The first-order valence-corrected chi connectivity index (χ1v) is 5.61. The molecule has 1 fully saturated rings. The van der Waals surface area contributed by atoms with Crippen molar-refractivity contribution < 1.29 is 19.4 Å². The van der Waals surface area contributed by atoms with Gasteiger partial charge in [0, 0.05) is 14.0 Å². The summed E-state index contributed by atoms with van der Waals surface area (Å²) in [7, 11) is 1.64. The Bertz CT molecular complexity index is 246. The second kappa shape index (κ2) is 8.03. The van der Waals surface area contributed by atoms with Crippen LogP contribution in [0.15, 0.2) is 0 Å². The molecule has 0 spiro atoms. The van der Waals surface area contributed by atoms with Crippen LogP contribution in [0.1, 0.15) is 32.6 Å². The van der Waals surface area contributed by atoms with Gasteiger partial charge in [0.25, 0.3) is 5.97 Å². The van der Waals surface area contributed by atoms with Gasteiger partial charge in [0.05, 0.1) is 13.2 Å². The third-order valence-electron chi connectivity index (χ3n) is 2.57. The molecule has 17 heavy (non-hydrogen) atoms. The predicted molar refractivity (Wildman–Crippen MR) is 64.3 cm³/mol. The maximum atomic E-state index is 9.00. The summed E-state index contributed by atoms with van der Waals surface area (Å²) in [6.45, 7) is 2.17. The third kappa shape index (κ3) is 6.23.